The second kappa shape index (κ2) is 7.77. The molecule has 26 heavy (non-hydrogen) atoms. The Bertz CT molecular complexity index is 719. The van der Waals surface area contributed by atoms with E-state index in [0.717, 1.165) is 16.2 Å². The second-order valence-electron chi connectivity index (χ2n) is 6.24. The number of nitrogens with zero attached hydrogens (tertiary/aromatic N) is 1. The Morgan fingerprint density at radius 2 is 2.00 bits per heavy atom. The van der Waals surface area contributed by atoms with Gasteiger partial charge in [0.1, 0.15) is 5.54 Å². The highest BCUT2D eigenvalue weighted by molar-refractivity contribution is 7.99. The van der Waals surface area contributed by atoms with Crippen molar-refractivity contribution in [2.24, 2.45) is 0 Å². The smallest absolute Gasteiger partial charge is 0.325 e. The lowest BCUT2D eigenvalue weighted by atomic mass is 9.99. The third-order valence-electron chi connectivity index (χ3n) is 4.38. The van der Waals surface area contributed by atoms with E-state index in [2.05, 4.69) is 16.0 Å². The van der Waals surface area contributed by atoms with Crippen molar-refractivity contribution in [3.8, 4) is 0 Å². The molecule has 2 aliphatic rings. The normalized spacial score (nSPS) is 21.8. The van der Waals surface area contributed by atoms with Crippen LogP contribution in [0.2, 0.25) is 0 Å². The maximum absolute atomic E-state index is 12.5. The minimum absolute atomic E-state index is 0.0467. The number of thioether (sulfide) groups is 1. The Hall–Kier alpha value is -2.55. The number of imide groups is 2. The van der Waals surface area contributed by atoms with Crippen molar-refractivity contribution in [3.05, 3.63) is 35.9 Å². The number of hydrogen-bond donors (Lipinski definition) is 3. The Morgan fingerprint density at radius 1 is 1.23 bits per heavy atom. The minimum Gasteiger partial charge on any atom is -0.334 e. The molecule has 0 bridgehead atoms. The van der Waals surface area contributed by atoms with Crippen LogP contribution in [0.25, 0.3) is 0 Å². The summed E-state index contributed by atoms with van der Waals surface area (Å²) in [6.45, 7) is 0.252. The van der Waals surface area contributed by atoms with Gasteiger partial charge in [-0.1, -0.05) is 30.3 Å². The van der Waals surface area contributed by atoms with Gasteiger partial charge in [-0.3, -0.25) is 19.8 Å². The molecule has 2 fully saturated rings. The molecule has 0 aliphatic carbocycles. The van der Waals surface area contributed by atoms with Crippen molar-refractivity contribution < 1.29 is 19.2 Å². The first-order valence-corrected chi connectivity index (χ1v) is 9.49. The van der Waals surface area contributed by atoms with Gasteiger partial charge in [0, 0.05) is 25.3 Å². The number of amides is 6. The monoisotopic (exact) mass is 376 g/mol. The van der Waals surface area contributed by atoms with Crippen molar-refractivity contribution in [2.75, 3.05) is 18.1 Å². The lowest BCUT2D eigenvalue weighted by Gasteiger charge is -2.19. The van der Waals surface area contributed by atoms with E-state index in [-0.39, 0.29) is 18.9 Å². The Labute approximate surface area is 155 Å². The highest BCUT2D eigenvalue weighted by Crippen LogP contribution is 2.33. The first-order valence-electron chi connectivity index (χ1n) is 8.34. The molecular formula is C17H20N4O4S. The summed E-state index contributed by atoms with van der Waals surface area (Å²) in [5.74, 6) is 0.552. The second-order valence-corrected chi connectivity index (χ2v) is 7.34. The number of hydrogen-bond acceptors (Lipinski definition) is 5. The van der Waals surface area contributed by atoms with Crippen LogP contribution >= 0.6 is 11.8 Å². The molecule has 0 aromatic heterocycles. The molecule has 0 radical (unpaired) electrons. The summed E-state index contributed by atoms with van der Waals surface area (Å²) in [4.78, 5) is 49.2. The molecule has 1 aromatic carbocycles. The molecule has 1 spiro atoms. The largest absolute Gasteiger partial charge is 0.334 e. The van der Waals surface area contributed by atoms with Gasteiger partial charge in [-0.05, 0) is 17.7 Å². The predicted molar refractivity (Wildman–Crippen MR) is 96.4 cm³/mol. The third-order valence-corrected chi connectivity index (χ3v) is 5.57. The van der Waals surface area contributed by atoms with Crippen LogP contribution in [-0.4, -0.2) is 52.4 Å². The third kappa shape index (κ3) is 3.98. The maximum atomic E-state index is 12.5. The van der Waals surface area contributed by atoms with E-state index in [1.807, 2.05) is 30.3 Å². The molecular weight excluding hydrogens is 356 g/mol. The van der Waals surface area contributed by atoms with E-state index in [1.165, 1.54) is 0 Å². The summed E-state index contributed by atoms with van der Waals surface area (Å²) in [5.41, 5.74) is 0.0971. The van der Waals surface area contributed by atoms with E-state index in [0.29, 0.717) is 18.7 Å². The van der Waals surface area contributed by atoms with Crippen molar-refractivity contribution in [2.45, 2.75) is 24.9 Å². The first kappa shape index (κ1) is 18.2. The van der Waals surface area contributed by atoms with Crippen LogP contribution < -0.4 is 16.0 Å². The molecule has 138 valence electrons. The molecule has 2 aliphatic heterocycles. The zero-order valence-corrected chi connectivity index (χ0v) is 14.9. The van der Waals surface area contributed by atoms with Gasteiger partial charge in [-0.25, -0.2) is 9.59 Å². The lowest BCUT2D eigenvalue weighted by Crippen LogP contribution is -2.47. The highest BCUT2D eigenvalue weighted by Gasteiger charge is 2.52. The lowest BCUT2D eigenvalue weighted by molar-refractivity contribution is -0.130. The zero-order valence-electron chi connectivity index (χ0n) is 14.1. The molecule has 3 N–H and O–H groups in total. The van der Waals surface area contributed by atoms with Gasteiger partial charge in [0.2, 0.25) is 5.91 Å². The molecule has 2 heterocycles. The first-order chi connectivity index (χ1) is 12.5. The van der Waals surface area contributed by atoms with E-state index < -0.39 is 23.5 Å². The zero-order chi connectivity index (χ0) is 18.6. The van der Waals surface area contributed by atoms with Gasteiger partial charge in [0.15, 0.2) is 0 Å². The number of nitrogens with one attached hydrogen (secondary N) is 3. The predicted octanol–water partition coefficient (Wildman–Crippen LogP) is 0.830. The molecule has 0 saturated carbocycles. The Kier molecular flexibility index (Phi) is 5.46. The van der Waals surface area contributed by atoms with Gasteiger partial charge < -0.3 is 10.6 Å². The molecule has 9 heteroatoms. The van der Waals surface area contributed by atoms with Crippen molar-refractivity contribution >= 4 is 35.6 Å². The van der Waals surface area contributed by atoms with E-state index in [4.69, 9.17) is 0 Å². The average molecular weight is 376 g/mol. The number of urea groups is 2. The fraction of sp³-hybridized carbons (Fsp3) is 0.412. The van der Waals surface area contributed by atoms with Crippen LogP contribution in [0.15, 0.2) is 30.3 Å². The number of benzene rings is 1. The van der Waals surface area contributed by atoms with Gasteiger partial charge in [-0.15, -0.1) is 0 Å². The average Bonchev–Trinajstić information content (AvgIpc) is 3.18. The van der Waals surface area contributed by atoms with Crippen LogP contribution in [0.3, 0.4) is 0 Å². The fourth-order valence-corrected chi connectivity index (χ4v) is 4.26. The van der Waals surface area contributed by atoms with Crippen molar-refractivity contribution in [3.63, 3.8) is 0 Å². The molecule has 1 atom stereocenters. The Balaban J connectivity index is 1.43. The SMILES string of the molecule is O=C(CCN1C(=O)NC2(CCSC2)C1=O)NC(=O)NCc1ccccc1. The van der Waals surface area contributed by atoms with E-state index in [1.54, 1.807) is 11.8 Å². The number of carbonyl (C=O) groups is 4. The molecule has 8 nitrogen and oxygen atoms in total. The topological polar surface area (TPSA) is 108 Å². The van der Waals surface area contributed by atoms with Crippen LogP contribution in [-0.2, 0) is 16.1 Å². The van der Waals surface area contributed by atoms with Gasteiger partial charge >= 0.3 is 12.1 Å². The summed E-state index contributed by atoms with van der Waals surface area (Å²) in [5, 5.41) is 7.52. The summed E-state index contributed by atoms with van der Waals surface area (Å²) in [6, 6.07) is 8.21. The van der Waals surface area contributed by atoms with Crippen LogP contribution in [0, 0.1) is 0 Å². The minimum atomic E-state index is -0.814. The standard InChI is InChI=1S/C17H20N4O4S/c22-13(19-15(24)18-10-12-4-2-1-3-5-12)6-8-21-14(23)17(20-16(21)25)7-9-26-11-17/h1-5H,6-11H2,(H,20,25)(H2,18,19,22,24). The van der Waals surface area contributed by atoms with Crippen molar-refractivity contribution in [1.82, 2.24) is 20.9 Å². The summed E-state index contributed by atoms with van der Waals surface area (Å²) < 4.78 is 0. The van der Waals surface area contributed by atoms with E-state index in [9.17, 15) is 19.2 Å². The molecule has 1 unspecified atom stereocenters. The Morgan fingerprint density at radius 3 is 2.69 bits per heavy atom. The fourth-order valence-electron chi connectivity index (χ4n) is 2.94. The highest BCUT2D eigenvalue weighted by atomic mass is 32.2. The molecule has 3 rings (SSSR count). The van der Waals surface area contributed by atoms with Gasteiger partial charge in [0.05, 0.1) is 0 Å². The summed E-state index contributed by atoms with van der Waals surface area (Å²) >= 11 is 1.62. The molecule has 2 saturated heterocycles. The number of carbonyl (C=O) groups excluding carboxylic acids is 4. The summed E-state index contributed by atoms with van der Waals surface area (Å²) in [7, 11) is 0. The van der Waals surface area contributed by atoms with Crippen molar-refractivity contribution in [1.29, 1.82) is 0 Å². The van der Waals surface area contributed by atoms with Crippen LogP contribution in [0.5, 0.6) is 0 Å². The van der Waals surface area contributed by atoms with Gasteiger partial charge in [-0.2, -0.15) is 11.8 Å². The number of rotatable bonds is 5. The van der Waals surface area contributed by atoms with Crippen LogP contribution in [0.4, 0.5) is 9.59 Å². The van der Waals surface area contributed by atoms with E-state index >= 15 is 0 Å². The molecule has 6 amide bonds. The quantitative estimate of drug-likeness (QED) is 0.660. The van der Waals surface area contributed by atoms with Crippen LogP contribution in [0.1, 0.15) is 18.4 Å². The van der Waals surface area contributed by atoms with Gasteiger partial charge in [0.25, 0.3) is 5.91 Å². The molecule has 1 aromatic rings. The summed E-state index contributed by atoms with van der Waals surface area (Å²) in [6.07, 6.45) is 0.480. The maximum Gasteiger partial charge on any atom is 0.325 e.